The summed E-state index contributed by atoms with van der Waals surface area (Å²) in [5.41, 5.74) is -0.219. The first-order valence-electron chi connectivity index (χ1n) is 3.90. The molecule has 0 atom stereocenters. The molecule has 0 spiro atoms. The number of alkyl halides is 2. The van der Waals surface area contributed by atoms with Gasteiger partial charge in [0.15, 0.2) is 0 Å². The van der Waals surface area contributed by atoms with Gasteiger partial charge in [-0.1, -0.05) is 0 Å². The maximum absolute atomic E-state index is 11.8. The Morgan fingerprint density at radius 2 is 2.08 bits per heavy atom. The zero-order valence-corrected chi connectivity index (χ0v) is 7.79. The number of rotatable bonds is 2. The van der Waals surface area contributed by atoms with Crippen LogP contribution in [0.5, 0.6) is 5.88 Å². The van der Waals surface area contributed by atoms with Gasteiger partial charge in [0.1, 0.15) is 0 Å². The second-order valence-corrected chi connectivity index (χ2v) is 3.65. The number of hydrogen-bond donors (Lipinski definition) is 0. The van der Waals surface area contributed by atoms with Crippen molar-refractivity contribution < 1.29 is 13.5 Å². The van der Waals surface area contributed by atoms with Crippen LogP contribution in [0.1, 0.15) is 20.8 Å². The third-order valence-corrected chi connectivity index (χ3v) is 1.46. The molecule has 0 amide bonds. The van der Waals surface area contributed by atoms with Gasteiger partial charge in [0, 0.05) is 12.3 Å². The molecule has 0 radical (unpaired) electrons. The summed E-state index contributed by atoms with van der Waals surface area (Å²) in [6, 6.07) is 1.41. The predicted molar refractivity (Wildman–Crippen MR) is 43.9 cm³/mol. The molecule has 0 aliphatic carbocycles. The molecule has 0 aromatic carbocycles. The van der Waals surface area contributed by atoms with Crippen molar-refractivity contribution in [2.75, 3.05) is 0 Å². The first-order chi connectivity index (χ1) is 5.89. The Hall–Kier alpha value is -1.13. The summed E-state index contributed by atoms with van der Waals surface area (Å²) in [7, 11) is 0. The molecule has 0 saturated heterocycles. The molecule has 1 rings (SSSR count). The van der Waals surface area contributed by atoms with E-state index in [1.165, 1.54) is 6.07 Å². The summed E-state index contributed by atoms with van der Waals surface area (Å²) < 4.78 is 29.2. The number of ether oxygens (including phenoxy) is 1. The summed E-state index contributed by atoms with van der Waals surface area (Å²) >= 11 is 0. The lowest BCUT2D eigenvalue weighted by Crippen LogP contribution is -2.22. The molecule has 0 fully saturated rings. The van der Waals surface area contributed by atoms with E-state index in [0.717, 1.165) is 0 Å². The van der Waals surface area contributed by atoms with Crippen LogP contribution >= 0.6 is 0 Å². The fraction of sp³-hybridized carbons (Fsp3) is 0.625. The lowest BCUT2D eigenvalue weighted by molar-refractivity contribution is -0.0534. The molecule has 0 aliphatic rings. The van der Waals surface area contributed by atoms with E-state index in [1.54, 1.807) is 10.9 Å². The fourth-order valence-electron chi connectivity index (χ4n) is 0.835. The van der Waals surface area contributed by atoms with Gasteiger partial charge in [-0.15, -0.1) is 5.10 Å². The van der Waals surface area contributed by atoms with Crippen LogP contribution in [0.25, 0.3) is 0 Å². The van der Waals surface area contributed by atoms with Gasteiger partial charge < -0.3 is 4.74 Å². The van der Waals surface area contributed by atoms with Crippen molar-refractivity contribution >= 4 is 0 Å². The Morgan fingerprint density at radius 1 is 1.46 bits per heavy atom. The molecular weight excluding hydrogens is 178 g/mol. The van der Waals surface area contributed by atoms with E-state index in [1.807, 2.05) is 20.8 Å². The van der Waals surface area contributed by atoms with Crippen molar-refractivity contribution in [2.45, 2.75) is 32.9 Å². The van der Waals surface area contributed by atoms with Gasteiger partial charge in [0.05, 0.1) is 5.54 Å². The van der Waals surface area contributed by atoms with Gasteiger partial charge >= 0.3 is 6.61 Å². The van der Waals surface area contributed by atoms with Crippen molar-refractivity contribution in [1.82, 2.24) is 9.78 Å². The minimum absolute atomic E-state index is 0.0510. The Kier molecular flexibility index (Phi) is 2.54. The van der Waals surface area contributed by atoms with Crippen LogP contribution in [-0.4, -0.2) is 16.4 Å². The SMILES string of the molecule is CC(C)(C)n1ccc(OC(F)F)n1. The Morgan fingerprint density at radius 3 is 2.46 bits per heavy atom. The summed E-state index contributed by atoms with van der Waals surface area (Å²) in [6.07, 6.45) is 1.61. The van der Waals surface area contributed by atoms with E-state index in [9.17, 15) is 8.78 Å². The van der Waals surface area contributed by atoms with Crippen molar-refractivity contribution in [3.05, 3.63) is 12.3 Å². The van der Waals surface area contributed by atoms with Crippen molar-refractivity contribution in [2.24, 2.45) is 0 Å². The number of hydrogen-bond acceptors (Lipinski definition) is 2. The number of aromatic nitrogens is 2. The maximum atomic E-state index is 11.8. The van der Waals surface area contributed by atoms with E-state index in [4.69, 9.17) is 0 Å². The third-order valence-electron chi connectivity index (χ3n) is 1.46. The molecule has 0 unspecified atom stereocenters. The smallest absolute Gasteiger partial charge is 0.388 e. The molecule has 13 heavy (non-hydrogen) atoms. The Bertz CT molecular complexity index is 278. The largest absolute Gasteiger partial charge is 0.415 e. The highest BCUT2D eigenvalue weighted by Crippen LogP contribution is 2.16. The highest BCUT2D eigenvalue weighted by atomic mass is 19.3. The quantitative estimate of drug-likeness (QED) is 0.715. The topological polar surface area (TPSA) is 27.1 Å². The van der Waals surface area contributed by atoms with Crippen molar-refractivity contribution in [3.8, 4) is 5.88 Å². The first-order valence-corrected chi connectivity index (χ1v) is 3.90. The van der Waals surface area contributed by atoms with Gasteiger partial charge in [-0.25, -0.2) is 0 Å². The molecule has 5 heteroatoms. The molecule has 0 saturated carbocycles. The maximum Gasteiger partial charge on any atom is 0.388 e. The zero-order valence-electron chi connectivity index (χ0n) is 7.79. The fourth-order valence-corrected chi connectivity index (χ4v) is 0.835. The molecule has 1 aromatic rings. The molecule has 1 heterocycles. The average molecular weight is 190 g/mol. The van der Waals surface area contributed by atoms with Crippen molar-refractivity contribution in [3.63, 3.8) is 0 Å². The molecule has 0 bridgehead atoms. The van der Waals surface area contributed by atoms with Crippen LogP contribution in [0.4, 0.5) is 8.78 Å². The van der Waals surface area contributed by atoms with Crippen molar-refractivity contribution in [1.29, 1.82) is 0 Å². The monoisotopic (exact) mass is 190 g/mol. The van der Waals surface area contributed by atoms with E-state index >= 15 is 0 Å². The van der Waals surface area contributed by atoms with E-state index in [2.05, 4.69) is 9.84 Å². The standard InChI is InChI=1S/C8H12F2N2O/c1-8(2,3)12-5-4-6(11-12)13-7(9)10/h4-5,7H,1-3H3. The van der Waals surface area contributed by atoms with E-state index in [0.29, 0.717) is 0 Å². The summed E-state index contributed by atoms with van der Waals surface area (Å²) in [4.78, 5) is 0. The van der Waals surface area contributed by atoms with Gasteiger partial charge in [-0.05, 0) is 20.8 Å². The highest BCUT2D eigenvalue weighted by Gasteiger charge is 2.15. The molecule has 0 N–H and O–H groups in total. The minimum Gasteiger partial charge on any atom is -0.415 e. The Balaban J connectivity index is 2.75. The Labute approximate surface area is 75.3 Å². The van der Waals surface area contributed by atoms with Crippen LogP contribution in [-0.2, 0) is 5.54 Å². The van der Waals surface area contributed by atoms with Crippen LogP contribution in [0.3, 0.4) is 0 Å². The van der Waals surface area contributed by atoms with Crippen LogP contribution < -0.4 is 4.74 Å². The normalized spacial score (nSPS) is 12.2. The van der Waals surface area contributed by atoms with E-state index < -0.39 is 6.61 Å². The first kappa shape index (κ1) is 9.95. The lowest BCUT2D eigenvalue weighted by Gasteiger charge is -2.18. The van der Waals surface area contributed by atoms with Gasteiger partial charge in [-0.2, -0.15) is 8.78 Å². The number of halogens is 2. The average Bonchev–Trinajstić information content (AvgIpc) is 2.32. The van der Waals surface area contributed by atoms with Crippen LogP contribution in [0, 0.1) is 0 Å². The molecule has 1 aromatic heterocycles. The van der Waals surface area contributed by atoms with Crippen LogP contribution in [0.2, 0.25) is 0 Å². The highest BCUT2D eigenvalue weighted by molar-refractivity contribution is 5.06. The summed E-state index contributed by atoms with van der Waals surface area (Å²) in [6.45, 7) is 2.95. The van der Waals surface area contributed by atoms with Gasteiger partial charge in [0.25, 0.3) is 0 Å². The van der Waals surface area contributed by atoms with Crippen LogP contribution in [0.15, 0.2) is 12.3 Å². The number of nitrogens with zero attached hydrogens (tertiary/aromatic N) is 2. The molecule has 3 nitrogen and oxygen atoms in total. The second kappa shape index (κ2) is 3.32. The zero-order chi connectivity index (χ0) is 10.1. The molecule has 74 valence electrons. The molecular formula is C8H12F2N2O. The lowest BCUT2D eigenvalue weighted by atomic mass is 10.1. The summed E-state index contributed by atoms with van der Waals surface area (Å²) in [5, 5.41) is 3.84. The second-order valence-electron chi connectivity index (χ2n) is 3.65. The summed E-state index contributed by atoms with van der Waals surface area (Å²) in [5.74, 6) is -0.0510. The minimum atomic E-state index is -2.82. The third kappa shape index (κ3) is 2.68. The molecule has 0 aliphatic heterocycles. The van der Waals surface area contributed by atoms with Gasteiger partial charge in [0.2, 0.25) is 5.88 Å². The van der Waals surface area contributed by atoms with E-state index in [-0.39, 0.29) is 11.4 Å². The van der Waals surface area contributed by atoms with Gasteiger partial charge in [-0.3, -0.25) is 4.68 Å². The predicted octanol–water partition coefficient (Wildman–Crippen LogP) is 2.24.